The third-order valence-corrected chi connectivity index (χ3v) is 3.54. The molecule has 0 spiro atoms. The van der Waals surface area contributed by atoms with Gasteiger partial charge in [-0.05, 0) is 18.3 Å². The molecule has 1 aliphatic heterocycles. The summed E-state index contributed by atoms with van der Waals surface area (Å²) in [6.45, 7) is 4.38. The highest BCUT2D eigenvalue weighted by atomic mass is 16.4. The summed E-state index contributed by atoms with van der Waals surface area (Å²) in [6.07, 6.45) is 2.89. The number of carbonyl (C=O) groups is 1. The van der Waals surface area contributed by atoms with Gasteiger partial charge < -0.3 is 5.11 Å². The van der Waals surface area contributed by atoms with Crippen LogP contribution in [0.1, 0.15) is 33.1 Å². The molecule has 0 aromatic carbocycles. The maximum Gasteiger partial charge on any atom is 0.360 e. The molecule has 4 heteroatoms. The lowest BCUT2D eigenvalue weighted by molar-refractivity contribution is -0.858. The maximum atomic E-state index is 11.2. The van der Waals surface area contributed by atoms with E-state index in [0.29, 0.717) is 4.59 Å². The molecule has 0 aromatic heterocycles. The number of rotatable bonds is 1. The summed E-state index contributed by atoms with van der Waals surface area (Å²) >= 11 is 0. The van der Waals surface area contributed by atoms with E-state index in [2.05, 4.69) is 18.9 Å². The van der Waals surface area contributed by atoms with Gasteiger partial charge in [-0.2, -0.15) is 4.59 Å². The van der Waals surface area contributed by atoms with E-state index in [4.69, 9.17) is 0 Å². The van der Waals surface area contributed by atoms with E-state index in [0.717, 1.165) is 24.8 Å². The van der Waals surface area contributed by atoms with Gasteiger partial charge in [0.05, 0.1) is 19.7 Å². The van der Waals surface area contributed by atoms with E-state index in [1.54, 1.807) is 0 Å². The summed E-state index contributed by atoms with van der Waals surface area (Å²) in [5, 5.41) is 13.5. The molecule has 0 fully saturated rings. The van der Waals surface area contributed by atoms with Gasteiger partial charge in [0.1, 0.15) is 5.70 Å². The average molecular weight is 223 g/mol. The fourth-order valence-corrected chi connectivity index (χ4v) is 2.64. The Bertz CT molecular complexity index is 417. The summed E-state index contributed by atoms with van der Waals surface area (Å²) in [5.41, 5.74) is 2.61. The quantitative estimate of drug-likeness (QED) is 0.691. The van der Waals surface area contributed by atoms with Crippen LogP contribution in [0.3, 0.4) is 0 Å². The Kier molecular flexibility index (Phi) is 2.24. The summed E-state index contributed by atoms with van der Waals surface area (Å²) < 4.78 is 0.368. The molecule has 0 amide bonds. The van der Waals surface area contributed by atoms with Gasteiger partial charge in [0.15, 0.2) is 0 Å². The molecule has 0 aromatic rings. The Morgan fingerprint density at radius 3 is 2.62 bits per heavy atom. The van der Waals surface area contributed by atoms with Crippen LogP contribution in [0.5, 0.6) is 0 Å². The van der Waals surface area contributed by atoms with Crippen LogP contribution in [0, 0.1) is 5.41 Å². The topological polar surface area (TPSA) is 49.7 Å². The molecule has 0 bridgehead atoms. The zero-order valence-corrected chi connectivity index (χ0v) is 10.4. The number of carboxylic acids is 1. The number of carboxylic acid groups (broad SMARTS) is 1. The Morgan fingerprint density at radius 1 is 1.44 bits per heavy atom. The summed E-state index contributed by atoms with van der Waals surface area (Å²) in [7, 11) is 3.90. The van der Waals surface area contributed by atoms with Crippen LogP contribution in [-0.2, 0) is 4.79 Å². The molecule has 0 radical (unpaired) electrons. The van der Waals surface area contributed by atoms with E-state index in [9.17, 15) is 9.90 Å². The zero-order chi connectivity index (χ0) is 12.1. The molecular formula is C12H19N2O2+. The van der Waals surface area contributed by atoms with Gasteiger partial charge in [0.2, 0.25) is 5.71 Å². The van der Waals surface area contributed by atoms with Crippen LogP contribution in [0.4, 0.5) is 0 Å². The normalized spacial score (nSPS) is 26.4. The van der Waals surface area contributed by atoms with Crippen LogP contribution in [-0.4, -0.2) is 35.5 Å². The van der Waals surface area contributed by atoms with Crippen LogP contribution in [0.25, 0.3) is 0 Å². The monoisotopic (exact) mass is 223 g/mol. The Morgan fingerprint density at radius 2 is 2.06 bits per heavy atom. The van der Waals surface area contributed by atoms with Crippen molar-refractivity contribution in [2.45, 2.75) is 33.1 Å². The Balaban J connectivity index is 2.46. The largest absolute Gasteiger partial charge is 0.476 e. The van der Waals surface area contributed by atoms with Crippen molar-refractivity contribution in [1.82, 2.24) is 0 Å². The molecule has 0 saturated heterocycles. The molecular weight excluding hydrogens is 204 g/mol. The highest BCUT2D eigenvalue weighted by molar-refractivity contribution is 6.42. The van der Waals surface area contributed by atoms with E-state index < -0.39 is 5.97 Å². The molecule has 0 saturated carbocycles. The molecule has 2 rings (SSSR count). The standard InChI is InChI=1S/C12H18N2O2/c1-12(2)6-5-9-8(7-12)10(11(15)16)13-14(9,3)4/h5-7H2,1-4H3/p+1. The highest BCUT2D eigenvalue weighted by Crippen LogP contribution is 2.44. The first-order valence-corrected chi connectivity index (χ1v) is 5.63. The lowest BCUT2D eigenvalue weighted by Gasteiger charge is -2.32. The van der Waals surface area contributed by atoms with Crippen LogP contribution in [0.2, 0.25) is 0 Å². The second-order valence-electron chi connectivity index (χ2n) is 5.91. The number of hydrogen-bond acceptors (Lipinski definition) is 2. The van der Waals surface area contributed by atoms with Crippen molar-refractivity contribution in [1.29, 1.82) is 0 Å². The lowest BCUT2D eigenvalue weighted by atomic mass is 9.75. The van der Waals surface area contributed by atoms with Crippen molar-refractivity contribution in [2.75, 3.05) is 14.1 Å². The first kappa shape index (κ1) is 11.3. The Hall–Kier alpha value is -1.16. The number of allylic oxidation sites excluding steroid dienone is 1. The first-order valence-electron chi connectivity index (χ1n) is 5.63. The van der Waals surface area contributed by atoms with Crippen molar-refractivity contribution >= 4 is 11.7 Å². The van der Waals surface area contributed by atoms with Crippen LogP contribution < -0.4 is 0 Å². The molecule has 2 aliphatic rings. The fourth-order valence-electron chi connectivity index (χ4n) is 2.64. The van der Waals surface area contributed by atoms with Gasteiger partial charge in [-0.25, -0.2) is 4.79 Å². The Labute approximate surface area is 95.8 Å². The number of quaternary nitrogens is 1. The van der Waals surface area contributed by atoms with Gasteiger partial charge in [0, 0.05) is 6.42 Å². The van der Waals surface area contributed by atoms with Crippen molar-refractivity contribution in [3.05, 3.63) is 11.3 Å². The summed E-state index contributed by atoms with van der Waals surface area (Å²) in [6, 6.07) is 0. The smallest absolute Gasteiger partial charge is 0.360 e. The molecule has 0 unspecified atom stereocenters. The molecule has 4 nitrogen and oxygen atoms in total. The van der Waals surface area contributed by atoms with Gasteiger partial charge in [-0.3, -0.25) is 0 Å². The second kappa shape index (κ2) is 3.17. The SMILES string of the molecule is CC1(C)CCC2=C(C1)C(C(=O)O)=N[N+]2(C)C. The molecule has 16 heavy (non-hydrogen) atoms. The fraction of sp³-hybridized carbons (Fsp3) is 0.667. The first-order chi connectivity index (χ1) is 7.23. The number of hydrogen-bond donors (Lipinski definition) is 1. The number of aliphatic carboxylic acids is 1. The third kappa shape index (κ3) is 1.67. The van der Waals surface area contributed by atoms with Crippen LogP contribution >= 0.6 is 0 Å². The van der Waals surface area contributed by atoms with Gasteiger partial charge >= 0.3 is 5.97 Å². The maximum absolute atomic E-state index is 11.2. The minimum absolute atomic E-state index is 0.194. The predicted molar refractivity (Wildman–Crippen MR) is 61.8 cm³/mol. The lowest BCUT2D eigenvalue weighted by Crippen LogP contribution is -2.32. The van der Waals surface area contributed by atoms with Crippen molar-refractivity contribution in [3.8, 4) is 0 Å². The average Bonchev–Trinajstić information content (AvgIpc) is 2.36. The van der Waals surface area contributed by atoms with Gasteiger partial charge in [-0.1, -0.05) is 18.9 Å². The minimum Gasteiger partial charge on any atom is -0.476 e. The summed E-state index contributed by atoms with van der Waals surface area (Å²) in [4.78, 5) is 11.2. The van der Waals surface area contributed by atoms with Crippen molar-refractivity contribution in [3.63, 3.8) is 0 Å². The van der Waals surface area contributed by atoms with Gasteiger partial charge in [-0.15, -0.1) is 0 Å². The molecule has 0 atom stereocenters. The molecule has 1 aliphatic carbocycles. The predicted octanol–water partition coefficient (Wildman–Crippen LogP) is 1.98. The van der Waals surface area contributed by atoms with E-state index >= 15 is 0 Å². The third-order valence-electron chi connectivity index (χ3n) is 3.54. The van der Waals surface area contributed by atoms with E-state index in [1.807, 2.05) is 14.1 Å². The highest BCUT2D eigenvalue weighted by Gasteiger charge is 2.44. The molecule has 1 N–H and O–H groups in total. The van der Waals surface area contributed by atoms with E-state index in [1.165, 1.54) is 5.70 Å². The molecule has 88 valence electrons. The van der Waals surface area contributed by atoms with E-state index in [-0.39, 0.29) is 11.1 Å². The van der Waals surface area contributed by atoms with Crippen LogP contribution in [0.15, 0.2) is 16.4 Å². The zero-order valence-electron chi connectivity index (χ0n) is 10.4. The molecule has 1 heterocycles. The van der Waals surface area contributed by atoms with Crippen molar-refractivity contribution < 1.29 is 14.5 Å². The van der Waals surface area contributed by atoms with Crippen molar-refractivity contribution in [2.24, 2.45) is 10.5 Å². The number of nitrogens with zero attached hydrogens (tertiary/aromatic N) is 2. The van der Waals surface area contributed by atoms with Gasteiger partial charge in [0.25, 0.3) is 0 Å². The second-order valence-corrected chi connectivity index (χ2v) is 5.91. The minimum atomic E-state index is -0.895. The summed E-state index contributed by atoms with van der Waals surface area (Å²) in [5.74, 6) is -0.895.